The molecule has 0 N–H and O–H groups in total. The maximum absolute atomic E-state index is 8.78. The molecule has 0 saturated heterocycles. The van der Waals surface area contributed by atoms with Crippen LogP contribution in [0.4, 0.5) is 0 Å². The minimum Gasteiger partial charge on any atom is -0.496 e. The average Bonchev–Trinajstić information content (AvgIpc) is 2.17. The Bertz CT molecular complexity index is 355. The Labute approximate surface area is 86.3 Å². The molecule has 2 nitrogen and oxygen atoms in total. The van der Waals surface area contributed by atoms with Crippen LogP contribution in [0.15, 0.2) is 12.1 Å². The van der Waals surface area contributed by atoms with Crippen molar-refractivity contribution >= 4 is 15.9 Å². The van der Waals surface area contributed by atoms with Crippen LogP contribution in [-0.4, -0.2) is 7.11 Å². The first-order valence-corrected chi connectivity index (χ1v) is 4.98. The number of nitriles is 1. The molecular formula is C10H10BrNO. The van der Waals surface area contributed by atoms with Crippen molar-refractivity contribution in [2.45, 2.75) is 12.3 Å². The van der Waals surface area contributed by atoms with Gasteiger partial charge in [0.25, 0.3) is 0 Å². The summed E-state index contributed by atoms with van der Waals surface area (Å²) in [4.78, 5) is 0. The van der Waals surface area contributed by atoms with Crippen LogP contribution in [0.1, 0.15) is 16.7 Å². The lowest BCUT2D eigenvalue weighted by atomic mass is 10.1. The third-order valence-electron chi connectivity index (χ3n) is 1.89. The molecule has 0 radical (unpaired) electrons. The van der Waals surface area contributed by atoms with Crippen molar-refractivity contribution < 1.29 is 4.74 Å². The molecule has 0 aliphatic heterocycles. The first-order chi connectivity index (χ1) is 6.22. The van der Waals surface area contributed by atoms with Crippen molar-refractivity contribution in [2.24, 2.45) is 0 Å². The van der Waals surface area contributed by atoms with Crippen LogP contribution in [-0.2, 0) is 5.33 Å². The maximum atomic E-state index is 8.78. The Balaban J connectivity index is 3.28. The van der Waals surface area contributed by atoms with Crippen molar-refractivity contribution in [3.8, 4) is 11.8 Å². The lowest BCUT2D eigenvalue weighted by molar-refractivity contribution is 0.411. The fourth-order valence-electron chi connectivity index (χ4n) is 1.16. The molecule has 1 rings (SSSR count). The minimum atomic E-state index is 0.668. The van der Waals surface area contributed by atoms with Crippen LogP contribution in [0.2, 0.25) is 0 Å². The van der Waals surface area contributed by atoms with Crippen molar-refractivity contribution in [2.75, 3.05) is 7.11 Å². The van der Waals surface area contributed by atoms with Crippen molar-refractivity contribution in [1.29, 1.82) is 5.26 Å². The number of methoxy groups -OCH3 is 1. The van der Waals surface area contributed by atoms with Gasteiger partial charge in [-0.3, -0.25) is 0 Å². The fourth-order valence-corrected chi connectivity index (χ4v) is 1.60. The van der Waals surface area contributed by atoms with Gasteiger partial charge in [0.1, 0.15) is 5.75 Å². The third-order valence-corrected chi connectivity index (χ3v) is 2.50. The standard InChI is InChI=1S/C10H10BrNO/c1-7-3-8(5-11)10(13-2)4-9(7)6-12/h3-4H,5H2,1-2H3. The van der Waals surface area contributed by atoms with E-state index < -0.39 is 0 Å². The molecule has 0 atom stereocenters. The smallest absolute Gasteiger partial charge is 0.124 e. The predicted octanol–water partition coefficient (Wildman–Crippen LogP) is 2.77. The highest BCUT2D eigenvalue weighted by molar-refractivity contribution is 9.08. The number of aryl methyl sites for hydroxylation is 1. The third kappa shape index (κ3) is 2.02. The monoisotopic (exact) mass is 239 g/mol. The highest BCUT2D eigenvalue weighted by Crippen LogP contribution is 2.24. The van der Waals surface area contributed by atoms with Crippen LogP contribution in [0, 0.1) is 18.3 Å². The Morgan fingerprint density at radius 2 is 2.23 bits per heavy atom. The number of alkyl halides is 1. The van der Waals surface area contributed by atoms with E-state index in [1.165, 1.54) is 0 Å². The van der Waals surface area contributed by atoms with E-state index in [1.54, 1.807) is 13.2 Å². The fraction of sp³-hybridized carbons (Fsp3) is 0.300. The Morgan fingerprint density at radius 3 is 2.69 bits per heavy atom. The summed E-state index contributed by atoms with van der Waals surface area (Å²) in [7, 11) is 1.61. The van der Waals surface area contributed by atoms with Crippen LogP contribution >= 0.6 is 15.9 Å². The highest BCUT2D eigenvalue weighted by Gasteiger charge is 2.05. The Kier molecular flexibility index (Phi) is 3.32. The van der Waals surface area contributed by atoms with Crippen LogP contribution < -0.4 is 4.74 Å². The van der Waals surface area contributed by atoms with E-state index in [0.29, 0.717) is 5.56 Å². The number of rotatable bonds is 2. The molecule has 0 fully saturated rings. The number of hydrogen-bond acceptors (Lipinski definition) is 2. The van der Waals surface area contributed by atoms with Gasteiger partial charge in [-0.05, 0) is 18.6 Å². The molecule has 0 amide bonds. The van der Waals surface area contributed by atoms with Gasteiger partial charge in [-0.15, -0.1) is 0 Å². The second-order valence-corrected chi connectivity index (χ2v) is 3.29. The minimum absolute atomic E-state index is 0.668. The van der Waals surface area contributed by atoms with E-state index in [0.717, 1.165) is 22.2 Å². The van der Waals surface area contributed by atoms with Gasteiger partial charge in [0.2, 0.25) is 0 Å². The molecule has 1 aromatic carbocycles. The van der Waals surface area contributed by atoms with Crippen molar-refractivity contribution in [3.63, 3.8) is 0 Å². The summed E-state index contributed by atoms with van der Waals surface area (Å²) < 4.78 is 5.15. The largest absolute Gasteiger partial charge is 0.496 e. The van der Waals surface area contributed by atoms with E-state index in [-0.39, 0.29) is 0 Å². The van der Waals surface area contributed by atoms with Crippen LogP contribution in [0.25, 0.3) is 0 Å². The SMILES string of the molecule is COc1cc(C#N)c(C)cc1CBr. The van der Waals surface area contributed by atoms with Gasteiger partial charge in [-0.2, -0.15) is 5.26 Å². The van der Waals surface area contributed by atoms with Gasteiger partial charge in [0.15, 0.2) is 0 Å². The zero-order valence-corrected chi connectivity index (χ0v) is 9.18. The first-order valence-electron chi connectivity index (χ1n) is 3.86. The molecule has 0 spiro atoms. The average molecular weight is 240 g/mol. The van der Waals surface area contributed by atoms with E-state index in [4.69, 9.17) is 10.00 Å². The van der Waals surface area contributed by atoms with E-state index >= 15 is 0 Å². The summed E-state index contributed by atoms with van der Waals surface area (Å²) in [5.41, 5.74) is 2.72. The number of hydrogen-bond donors (Lipinski definition) is 0. The summed E-state index contributed by atoms with van der Waals surface area (Å²) in [6.07, 6.45) is 0. The summed E-state index contributed by atoms with van der Waals surface area (Å²) in [5.74, 6) is 0.763. The van der Waals surface area contributed by atoms with Gasteiger partial charge in [-0.25, -0.2) is 0 Å². The van der Waals surface area contributed by atoms with Gasteiger partial charge < -0.3 is 4.74 Å². The Hall–Kier alpha value is -1.01. The summed E-state index contributed by atoms with van der Waals surface area (Å²) in [5, 5.41) is 9.52. The first kappa shape index (κ1) is 10.1. The number of benzene rings is 1. The summed E-state index contributed by atoms with van der Waals surface area (Å²) >= 11 is 3.37. The molecule has 0 unspecified atom stereocenters. The number of nitrogens with zero attached hydrogens (tertiary/aromatic N) is 1. The summed E-state index contributed by atoms with van der Waals surface area (Å²) in [6.45, 7) is 1.92. The number of ether oxygens (including phenoxy) is 1. The quantitative estimate of drug-likeness (QED) is 0.744. The van der Waals surface area contributed by atoms with Gasteiger partial charge in [0.05, 0.1) is 18.7 Å². The van der Waals surface area contributed by atoms with Gasteiger partial charge in [0, 0.05) is 10.9 Å². The molecule has 68 valence electrons. The molecule has 13 heavy (non-hydrogen) atoms. The van der Waals surface area contributed by atoms with E-state index in [9.17, 15) is 0 Å². The van der Waals surface area contributed by atoms with Crippen molar-refractivity contribution in [3.05, 3.63) is 28.8 Å². The summed E-state index contributed by atoms with van der Waals surface area (Å²) in [6, 6.07) is 5.86. The van der Waals surface area contributed by atoms with Crippen LogP contribution in [0.5, 0.6) is 5.75 Å². The molecule has 3 heteroatoms. The molecule has 0 aliphatic carbocycles. The molecule has 0 saturated carbocycles. The predicted molar refractivity (Wildman–Crippen MR) is 55.1 cm³/mol. The topological polar surface area (TPSA) is 33.0 Å². The van der Waals surface area contributed by atoms with E-state index in [2.05, 4.69) is 22.0 Å². The molecule has 0 aromatic heterocycles. The van der Waals surface area contributed by atoms with E-state index in [1.807, 2.05) is 13.0 Å². The molecular weight excluding hydrogens is 230 g/mol. The Morgan fingerprint density at radius 1 is 1.54 bits per heavy atom. The zero-order valence-electron chi connectivity index (χ0n) is 7.60. The molecule has 1 aromatic rings. The van der Waals surface area contributed by atoms with Gasteiger partial charge in [-0.1, -0.05) is 22.0 Å². The zero-order chi connectivity index (χ0) is 9.84. The van der Waals surface area contributed by atoms with Crippen molar-refractivity contribution in [1.82, 2.24) is 0 Å². The number of halogens is 1. The lowest BCUT2D eigenvalue weighted by Gasteiger charge is -2.07. The molecule has 0 bridgehead atoms. The normalized spacial score (nSPS) is 9.38. The second-order valence-electron chi connectivity index (χ2n) is 2.72. The maximum Gasteiger partial charge on any atom is 0.124 e. The molecule has 0 heterocycles. The lowest BCUT2D eigenvalue weighted by Crippen LogP contribution is -1.93. The molecule has 0 aliphatic rings. The van der Waals surface area contributed by atoms with Crippen LogP contribution in [0.3, 0.4) is 0 Å². The highest BCUT2D eigenvalue weighted by atomic mass is 79.9. The second kappa shape index (κ2) is 4.29. The van der Waals surface area contributed by atoms with Gasteiger partial charge >= 0.3 is 0 Å².